The summed E-state index contributed by atoms with van der Waals surface area (Å²) in [5.41, 5.74) is 3.48. The number of nitrogens with zero attached hydrogens (tertiary/aromatic N) is 2. The Morgan fingerprint density at radius 1 is 1.21 bits per heavy atom. The summed E-state index contributed by atoms with van der Waals surface area (Å²) in [7, 11) is -0.990. The smallest absolute Gasteiger partial charge is 0.263 e. The molecule has 1 aliphatic heterocycles. The van der Waals surface area contributed by atoms with Gasteiger partial charge in [0.05, 0.1) is 22.9 Å². The maximum Gasteiger partial charge on any atom is 0.263 e. The number of aryl methyl sites for hydroxylation is 1. The van der Waals surface area contributed by atoms with Gasteiger partial charge in [-0.15, -0.1) is 0 Å². The fourth-order valence-corrected chi connectivity index (χ4v) is 4.47. The molecule has 0 spiro atoms. The molecule has 1 N–H and O–H groups in total. The number of aromatic nitrogens is 2. The van der Waals surface area contributed by atoms with Gasteiger partial charge in [-0.3, -0.25) is 9.00 Å². The van der Waals surface area contributed by atoms with Crippen molar-refractivity contribution in [3.63, 3.8) is 0 Å². The number of carbonyl (C=O) groups excluding carboxylic acids is 1. The molecule has 0 saturated carbocycles. The minimum Gasteiger partial charge on any atom is -0.484 e. The number of benzene rings is 2. The second kappa shape index (κ2) is 7.77. The molecule has 0 bridgehead atoms. The Balaban J connectivity index is 1.58. The van der Waals surface area contributed by atoms with Gasteiger partial charge < -0.3 is 10.1 Å². The van der Waals surface area contributed by atoms with Crippen LogP contribution < -0.4 is 10.1 Å². The summed E-state index contributed by atoms with van der Waals surface area (Å²) < 4.78 is 19.2. The average molecular weight is 416 g/mol. The number of ether oxygens (including phenoxy) is 1. The maximum absolute atomic E-state index is 12.5. The molecule has 1 aromatic heterocycles. The summed E-state index contributed by atoms with van der Waals surface area (Å²) in [4.78, 5) is 12.5. The number of nitrogens with one attached hydrogen (secondary N) is 1. The van der Waals surface area contributed by atoms with E-state index in [4.69, 9.17) is 16.3 Å². The number of amides is 1. The summed E-state index contributed by atoms with van der Waals surface area (Å²) in [6.45, 7) is 1.83. The van der Waals surface area contributed by atoms with Crippen molar-refractivity contribution in [3.05, 3.63) is 70.4 Å². The van der Waals surface area contributed by atoms with Crippen LogP contribution in [-0.4, -0.2) is 26.5 Å². The fourth-order valence-electron chi connectivity index (χ4n) is 3.08. The predicted octanol–water partition coefficient (Wildman–Crippen LogP) is 3.61. The van der Waals surface area contributed by atoms with E-state index in [1.54, 1.807) is 28.9 Å². The zero-order valence-corrected chi connectivity index (χ0v) is 16.7. The van der Waals surface area contributed by atoms with Crippen LogP contribution in [0.15, 0.2) is 48.5 Å². The Labute approximate surface area is 169 Å². The van der Waals surface area contributed by atoms with Gasteiger partial charge in [0.25, 0.3) is 5.91 Å². The topological polar surface area (TPSA) is 73.2 Å². The average Bonchev–Trinajstić information content (AvgIpc) is 3.19. The van der Waals surface area contributed by atoms with Crippen LogP contribution in [0.5, 0.6) is 5.75 Å². The van der Waals surface area contributed by atoms with Crippen molar-refractivity contribution in [1.29, 1.82) is 0 Å². The highest BCUT2D eigenvalue weighted by atomic mass is 35.5. The van der Waals surface area contributed by atoms with E-state index in [-0.39, 0.29) is 12.5 Å². The van der Waals surface area contributed by atoms with E-state index in [0.717, 1.165) is 22.5 Å². The molecule has 0 saturated heterocycles. The third-order valence-corrected chi connectivity index (χ3v) is 5.91. The molecule has 1 amide bonds. The molecule has 1 aliphatic rings. The van der Waals surface area contributed by atoms with E-state index >= 15 is 0 Å². The second-order valence-corrected chi connectivity index (χ2v) is 8.38. The van der Waals surface area contributed by atoms with Gasteiger partial charge in [0.2, 0.25) is 0 Å². The first-order valence-electron chi connectivity index (χ1n) is 8.71. The molecule has 4 rings (SSSR count). The minimum atomic E-state index is -0.990. The summed E-state index contributed by atoms with van der Waals surface area (Å²) in [6, 6.07) is 14.6. The normalized spacial score (nSPS) is 15.3. The van der Waals surface area contributed by atoms with E-state index in [0.29, 0.717) is 28.1 Å². The van der Waals surface area contributed by atoms with Gasteiger partial charge in [-0.1, -0.05) is 29.8 Å². The van der Waals surface area contributed by atoms with Crippen molar-refractivity contribution in [2.24, 2.45) is 0 Å². The van der Waals surface area contributed by atoms with Crippen molar-refractivity contribution in [1.82, 2.24) is 9.78 Å². The predicted molar refractivity (Wildman–Crippen MR) is 109 cm³/mol. The summed E-state index contributed by atoms with van der Waals surface area (Å²) in [5, 5.41) is 8.10. The van der Waals surface area contributed by atoms with Crippen LogP contribution >= 0.6 is 11.6 Å². The Bertz CT molecular complexity index is 1060. The quantitative estimate of drug-likeness (QED) is 0.690. The molecule has 144 valence electrons. The minimum absolute atomic E-state index is 0.154. The zero-order chi connectivity index (χ0) is 19.7. The van der Waals surface area contributed by atoms with Gasteiger partial charge in [0.1, 0.15) is 11.6 Å². The molecule has 2 aromatic carbocycles. The van der Waals surface area contributed by atoms with Crippen LogP contribution in [0.4, 0.5) is 5.82 Å². The Morgan fingerprint density at radius 3 is 2.71 bits per heavy atom. The van der Waals surface area contributed by atoms with Crippen molar-refractivity contribution in [2.75, 3.05) is 11.9 Å². The van der Waals surface area contributed by atoms with Crippen molar-refractivity contribution in [3.8, 4) is 11.4 Å². The van der Waals surface area contributed by atoms with E-state index in [1.807, 2.05) is 31.2 Å². The molecule has 1 atom stereocenters. The standard InChI is InChI=1S/C20H18ClN3O3S/c1-13-4-2-3-5-18(13)24-20(16-11-28(26)12-17(16)23-24)22-19(25)10-27-15-8-6-14(21)7-9-15/h2-9H,10-12H2,1H3,(H,22,25)/t28-/m0/s1. The number of anilines is 1. The molecule has 3 aromatic rings. The van der Waals surface area contributed by atoms with E-state index in [1.165, 1.54) is 0 Å². The number of hydrogen-bond donors (Lipinski definition) is 1. The Kier molecular flexibility index (Phi) is 5.19. The number of carbonyl (C=O) groups is 1. The SMILES string of the molecule is Cc1ccccc1-n1nc2c(c1NC(=O)COc1ccc(Cl)cc1)C[S@](=O)C2. The number of fused-ring (bicyclic) bond motifs is 1. The number of para-hydroxylation sites is 1. The molecule has 0 unspecified atom stereocenters. The van der Waals surface area contributed by atoms with Gasteiger partial charge >= 0.3 is 0 Å². The lowest BCUT2D eigenvalue weighted by Gasteiger charge is -2.13. The molecule has 0 fully saturated rings. The highest BCUT2D eigenvalue weighted by Crippen LogP contribution is 2.32. The Hall–Kier alpha value is -2.64. The summed E-state index contributed by atoms with van der Waals surface area (Å²) in [6.07, 6.45) is 0. The number of rotatable bonds is 5. The van der Waals surface area contributed by atoms with E-state index in [9.17, 15) is 9.00 Å². The molecule has 6 nitrogen and oxygen atoms in total. The third-order valence-electron chi connectivity index (χ3n) is 4.45. The van der Waals surface area contributed by atoms with E-state index < -0.39 is 10.8 Å². The van der Waals surface area contributed by atoms with Gasteiger partial charge in [-0.2, -0.15) is 5.10 Å². The third kappa shape index (κ3) is 3.81. The van der Waals surface area contributed by atoms with Gasteiger partial charge in [-0.05, 0) is 42.8 Å². The van der Waals surface area contributed by atoms with Crippen LogP contribution in [0.2, 0.25) is 5.02 Å². The molecule has 0 radical (unpaired) electrons. The molecule has 0 aliphatic carbocycles. The first-order chi connectivity index (χ1) is 13.5. The van der Waals surface area contributed by atoms with Crippen LogP contribution in [0.3, 0.4) is 0 Å². The second-order valence-electron chi connectivity index (χ2n) is 6.49. The largest absolute Gasteiger partial charge is 0.484 e. The van der Waals surface area contributed by atoms with Crippen LogP contribution in [0.1, 0.15) is 16.8 Å². The Morgan fingerprint density at radius 2 is 1.96 bits per heavy atom. The molecular formula is C20H18ClN3O3S. The maximum atomic E-state index is 12.5. The molecule has 28 heavy (non-hydrogen) atoms. The molecule has 8 heteroatoms. The summed E-state index contributed by atoms with van der Waals surface area (Å²) >= 11 is 5.85. The van der Waals surface area contributed by atoms with Gasteiger partial charge in [0, 0.05) is 21.4 Å². The zero-order valence-electron chi connectivity index (χ0n) is 15.1. The van der Waals surface area contributed by atoms with Crippen molar-refractivity contribution < 1.29 is 13.7 Å². The van der Waals surface area contributed by atoms with Crippen LogP contribution in [-0.2, 0) is 27.1 Å². The highest BCUT2D eigenvalue weighted by molar-refractivity contribution is 7.83. The van der Waals surface area contributed by atoms with Crippen molar-refractivity contribution in [2.45, 2.75) is 18.4 Å². The van der Waals surface area contributed by atoms with Crippen molar-refractivity contribution >= 4 is 34.1 Å². The van der Waals surface area contributed by atoms with E-state index in [2.05, 4.69) is 10.4 Å². The first kappa shape index (κ1) is 18.7. The fraction of sp³-hybridized carbons (Fsp3) is 0.200. The lowest BCUT2D eigenvalue weighted by molar-refractivity contribution is -0.118. The first-order valence-corrected chi connectivity index (χ1v) is 10.6. The highest BCUT2D eigenvalue weighted by Gasteiger charge is 2.28. The summed E-state index contributed by atoms with van der Waals surface area (Å²) in [5.74, 6) is 1.58. The number of hydrogen-bond acceptors (Lipinski definition) is 4. The molecule has 2 heterocycles. The molecular weight excluding hydrogens is 398 g/mol. The van der Waals surface area contributed by atoms with Crippen LogP contribution in [0.25, 0.3) is 5.69 Å². The van der Waals surface area contributed by atoms with Crippen LogP contribution in [0, 0.1) is 6.92 Å². The lowest BCUT2D eigenvalue weighted by atomic mass is 10.2. The van der Waals surface area contributed by atoms with Gasteiger partial charge in [0.15, 0.2) is 6.61 Å². The lowest BCUT2D eigenvalue weighted by Crippen LogP contribution is -2.22. The monoisotopic (exact) mass is 415 g/mol. The van der Waals surface area contributed by atoms with Gasteiger partial charge in [-0.25, -0.2) is 4.68 Å². The number of halogens is 1.